The number of nitrogens with two attached hydrogens (primary N) is 1. The molecule has 82 valence electrons. The molecule has 15 heavy (non-hydrogen) atoms. The van der Waals surface area contributed by atoms with Crippen LogP contribution in [0.25, 0.3) is 0 Å². The lowest BCUT2D eigenvalue weighted by Crippen LogP contribution is -2.08. The molecule has 0 saturated heterocycles. The molecule has 0 saturated carbocycles. The maximum absolute atomic E-state index is 13.3. The van der Waals surface area contributed by atoms with E-state index in [0.29, 0.717) is 24.9 Å². The van der Waals surface area contributed by atoms with E-state index in [1.807, 2.05) is 0 Å². The van der Waals surface area contributed by atoms with Gasteiger partial charge in [-0.05, 0) is 36.7 Å². The van der Waals surface area contributed by atoms with Gasteiger partial charge in [0.05, 0.1) is 0 Å². The molecular formula is C11H13BrFNO. The van der Waals surface area contributed by atoms with Crippen molar-refractivity contribution in [1.82, 2.24) is 0 Å². The lowest BCUT2D eigenvalue weighted by atomic mass is 10.1. The molecule has 2 nitrogen and oxygen atoms in total. The van der Waals surface area contributed by atoms with Gasteiger partial charge < -0.3 is 5.73 Å². The highest BCUT2D eigenvalue weighted by molar-refractivity contribution is 9.10. The van der Waals surface area contributed by atoms with Crippen LogP contribution in [0.1, 0.15) is 18.4 Å². The molecule has 0 radical (unpaired) electrons. The van der Waals surface area contributed by atoms with Gasteiger partial charge in [0.25, 0.3) is 0 Å². The summed E-state index contributed by atoms with van der Waals surface area (Å²) in [5, 5.41) is 0. The Morgan fingerprint density at radius 1 is 1.47 bits per heavy atom. The van der Waals surface area contributed by atoms with Crippen LogP contribution in [-0.2, 0) is 11.2 Å². The SMILES string of the molecule is NCCCC(=O)Cc1cc(Br)ccc1F. The number of carbonyl (C=O) groups excluding carboxylic acids is 1. The number of rotatable bonds is 5. The molecule has 0 fully saturated rings. The Morgan fingerprint density at radius 2 is 2.20 bits per heavy atom. The minimum atomic E-state index is -0.334. The fourth-order valence-corrected chi connectivity index (χ4v) is 1.69. The summed E-state index contributed by atoms with van der Waals surface area (Å²) in [4.78, 5) is 11.4. The van der Waals surface area contributed by atoms with Crippen molar-refractivity contribution in [3.8, 4) is 0 Å². The summed E-state index contributed by atoms with van der Waals surface area (Å²) in [6.45, 7) is 0.493. The van der Waals surface area contributed by atoms with Crippen molar-refractivity contribution < 1.29 is 9.18 Å². The number of ketones is 1. The zero-order valence-corrected chi connectivity index (χ0v) is 9.89. The summed E-state index contributed by atoms with van der Waals surface area (Å²) in [5.41, 5.74) is 5.73. The van der Waals surface area contributed by atoms with E-state index in [0.717, 1.165) is 4.47 Å². The van der Waals surface area contributed by atoms with Gasteiger partial charge in [0, 0.05) is 17.3 Å². The zero-order chi connectivity index (χ0) is 11.3. The van der Waals surface area contributed by atoms with Gasteiger partial charge in [-0.1, -0.05) is 15.9 Å². The Labute approximate surface area is 96.8 Å². The normalized spacial score (nSPS) is 10.3. The molecule has 1 rings (SSSR count). The Kier molecular flexibility index (Phi) is 4.91. The first kappa shape index (κ1) is 12.3. The minimum absolute atomic E-state index is 0.0254. The first-order valence-electron chi connectivity index (χ1n) is 4.79. The summed E-state index contributed by atoms with van der Waals surface area (Å²) in [6, 6.07) is 4.61. The third-order valence-electron chi connectivity index (χ3n) is 2.06. The van der Waals surface area contributed by atoms with Crippen LogP contribution in [0.5, 0.6) is 0 Å². The van der Waals surface area contributed by atoms with Gasteiger partial charge in [0.15, 0.2) is 0 Å². The van der Waals surface area contributed by atoms with Crippen molar-refractivity contribution in [1.29, 1.82) is 0 Å². The highest BCUT2D eigenvalue weighted by Crippen LogP contribution is 2.16. The topological polar surface area (TPSA) is 43.1 Å². The lowest BCUT2D eigenvalue weighted by Gasteiger charge is -2.03. The smallest absolute Gasteiger partial charge is 0.137 e. The molecule has 0 spiro atoms. The summed E-state index contributed by atoms with van der Waals surface area (Å²) in [6.07, 6.45) is 1.22. The molecule has 0 unspecified atom stereocenters. The van der Waals surface area contributed by atoms with Gasteiger partial charge in [0.2, 0.25) is 0 Å². The fourth-order valence-electron chi connectivity index (χ4n) is 1.28. The zero-order valence-electron chi connectivity index (χ0n) is 8.30. The van der Waals surface area contributed by atoms with Crippen molar-refractivity contribution in [2.45, 2.75) is 19.3 Å². The molecule has 0 aliphatic rings. The number of halogens is 2. The molecule has 0 aromatic heterocycles. The number of Topliss-reactive ketones (excluding diaryl/α,β-unsaturated/α-hetero) is 1. The second kappa shape index (κ2) is 5.98. The van der Waals surface area contributed by atoms with Crippen LogP contribution >= 0.6 is 15.9 Å². The van der Waals surface area contributed by atoms with Crippen molar-refractivity contribution in [2.24, 2.45) is 5.73 Å². The van der Waals surface area contributed by atoms with Crippen LogP contribution < -0.4 is 5.73 Å². The predicted octanol–water partition coefficient (Wildman–Crippen LogP) is 2.44. The number of carbonyl (C=O) groups is 1. The predicted molar refractivity (Wildman–Crippen MR) is 61.1 cm³/mol. The van der Waals surface area contributed by atoms with Crippen molar-refractivity contribution in [3.63, 3.8) is 0 Å². The molecule has 0 aliphatic heterocycles. The summed E-state index contributed by atoms with van der Waals surface area (Å²) in [7, 11) is 0. The monoisotopic (exact) mass is 273 g/mol. The average Bonchev–Trinajstić information content (AvgIpc) is 2.20. The van der Waals surface area contributed by atoms with E-state index in [4.69, 9.17) is 5.73 Å². The Bertz CT molecular complexity index is 354. The minimum Gasteiger partial charge on any atom is -0.330 e. The Morgan fingerprint density at radius 3 is 2.87 bits per heavy atom. The van der Waals surface area contributed by atoms with Crippen LogP contribution in [0, 0.1) is 5.82 Å². The van der Waals surface area contributed by atoms with E-state index in [1.54, 1.807) is 12.1 Å². The molecule has 0 bridgehead atoms. The van der Waals surface area contributed by atoms with Crippen LogP contribution in [0.15, 0.2) is 22.7 Å². The van der Waals surface area contributed by atoms with E-state index >= 15 is 0 Å². The molecule has 1 aromatic rings. The molecule has 0 atom stereocenters. The van der Waals surface area contributed by atoms with Crippen molar-refractivity contribution in [2.75, 3.05) is 6.54 Å². The third-order valence-corrected chi connectivity index (χ3v) is 2.55. The van der Waals surface area contributed by atoms with Gasteiger partial charge in [-0.2, -0.15) is 0 Å². The first-order chi connectivity index (χ1) is 7.13. The van der Waals surface area contributed by atoms with E-state index in [-0.39, 0.29) is 18.0 Å². The van der Waals surface area contributed by atoms with Gasteiger partial charge in [-0.15, -0.1) is 0 Å². The highest BCUT2D eigenvalue weighted by Gasteiger charge is 2.08. The maximum Gasteiger partial charge on any atom is 0.137 e. The molecule has 0 aliphatic carbocycles. The second-order valence-electron chi connectivity index (χ2n) is 3.34. The second-order valence-corrected chi connectivity index (χ2v) is 4.26. The van der Waals surface area contributed by atoms with Crippen molar-refractivity contribution in [3.05, 3.63) is 34.1 Å². The highest BCUT2D eigenvalue weighted by atomic mass is 79.9. The summed E-state index contributed by atoms with van der Waals surface area (Å²) < 4.78 is 14.0. The standard InChI is InChI=1S/C11H13BrFNO/c12-9-3-4-11(13)8(6-9)7-10(15)2-1-5-14/h3-4,6H,1-2,5,7,14H2. The Balaban J connectivity index is 2.63. The summed E-state index contributed by atoms with van der Waals surface area (Å²) in [5.74, 6) is -0.309. The number of benzene rings is 1. The first-order valence-corrected chi connectivity index (χ1v) is 5.58. The average molecular weight is 274 g/mol. The molecule has 0 amide bonds. The summed E-state index contributed by atoms with van der Waals surface area (Å²) >= 11 is 3.24. The van der Waals surface area contributed by atoms with Gasteiger partial charge in [-0.3, -0.25) is 4.79 Å². The van der Waals surface area contributed by atoms with Crippen LogP contribution in [0.4, 0.5) is 4.39 Å². The Hall–Kier alpha value is -0.740. The van der Waals surface area contributed by atoms with E-state index in [2.05, 4.69) is 15.9 Å². The quantitative estimate of drug-likeness (QED) is 0.896. The van der Waals surface area contributed by atoms with E-state index in [1.165, 1.54) is 6.07 Å². The third kappa shape index (κ3) is 4.10. The van der Waals surface area contributed by atoms with Crippen LogP contribution in [0.2, 0.25) is 0 Å². The lowest BCUT2D eigenvalue weighted by molar-refractivity contribution is -0.118. The maximum atomic E-state index is 13.3. The number of hydrogen-bond acceptors (Lipinski definition) is 2. The molecule has 1 aromatic carbocycles. The molecule has 0 heterocycles. The van der Waals surface area contributed by atoms with Gasteiger partial charge in [-0.25, -0.2) is 4.39 Å². The van der Waals surface area contributed by atoms with E-state index < -0.39 is 0 Å². The van der Waals surface area contributed by atoms with Gasteiger partial charge in [0.1, 0.15) is 11.6 Å². The number of hydrogen-bond donors (Lipinski definition) is 1. The van der Waals surface area contributed by atoms with Gasteiger partial charge >= 0.3 is 0 Å². The molecular weight excluding hydrogens is 261 g/mol. The van der Waals surface area contributed by atoms with Crippen molar-refractivity contribution >= 4 is 21.7 Å². The van der Waals surface area contributed by atoms with E-state index in [9.17, 15) is 9.18 Å². The van der Waals surface area contributed by atoms with Crippen LogP contribution in [0.3, 0.4) is 0 Å². The van der Waals surface area contributed by atoms with Crippen LogP contribution in [-0.4, -0.2) is 12.3 Å². The molecule has 4 heteroatoms. The largest absolute Gasteiger partial charge is 0.330 e. The molecule has 2 N–H and O–H groups in total. The fraction of sp³-hybridized carbons (Fsp3) is 0.364.